The number of carbonyl (C=O) groups is 2. The SMILES string of the molecule is O=C(c1ccco1)N1CCN(C(=O)[C@H](Sc2ccccc2)c2ccccc2)CC1. The number of hydrogen-bond donors (Lipinski definition) is 0. The summed E-state index contributed by atoms with van der Waals surface area (Å²) in [6, 6.07) is 23.2. The van der Waals surface area contributed by atoms with Gasteiger partial charge in [0.05, 0.1) is 6.26 Å². The lowest BCUT2D eigenvalue weighted by atomic mass is 10.1. The maximum absolute atomic E-state index is 13.4. The highest BCUT2D eigenvalue weighted by atomic mass is 32.2. The largest absolute Gasteiger partial charge is 0.459 e. The molecule has 0 saturated carbocycles. The summed E-state index contributed by atoms with van der Waals surface area (Å²) < 4.78 is 5.21. The van der Waals surface area contributed by atoms with Crippen LogP contribution in [0.4, 0.5) is 0 Å². The zero-order valence-electron chi connectivity index (χ0n) is 15.9. The molecule has 2 aromatic carbocycles. The maximum atomic E-state index is 13.4. The molecule has 0 bridgehead atoms. The average molecular weight is 407 g/mol. The molecule has 1 saturated heterocycles. The summed E-state index contributed by atoms with van der Waals surface area (Å²) in [5, 5.41) is -0.314. The van der Waals surface area contributed by atoms with Gasteiger partial charge in [-0.05, 0) is 29.8 Å². The van der Waals surface area contributed by atoms with Gasteiger partial charge in [0.1, 0.15) is 5.25 Å². The Hall–Kier alpha value is -2.99. The van der Waals surface area contributed by atoms with Crippen LogP contribution in [0.15, 0.2) is 88.4 Å². The second-order valence-electron chi connectivity index (χ2n) is 6.82. The van der Waals surface area contributed by atoms with Gasteiger partial charge in [0.25, 0.3) is 5.91 Å². The molecule has 1 aliphatic rings. The molecule has 1 aliphatic heterocycles. The van der Waals surface area contributed by atoms with E-state index in [4.69, 9.17) is 4.42 Å². The number of piperazine rings is 1. The first-order valence-corrected chi connectivity index (χ1v) is 10.5. The van der Waals surface area contributed by atoms with Crippen molar-refractivity contribution in [1.29, 1.82) is 0 Å². The molecule has 3 aromatic rings. The van der Waals surface area contributed by atoms with Gasteiger partial charge in [0, 0.05) is 31.1 Å². The van der Waals surface area contributed by atoms with Crippen LogP contribution in [-0.2, 0) is 4.79 Å². The van der Waals surface area contributed by atoms with Crippen LogP contribution in [-0.4, -0.2) is 47.8 Å². The number of thioether (sulfide) groups is 1. The van der Waals surface area contributed by atoms with Crippen LogP contribution < -0.4 is 0 Å². The highest BCUT2D eigenvalue weighted by molar-refractivity contribution is 8.00. The van der Waals surface area contributed by atoms with Gasteiger partial charge in [-0.3, -0.25) is 9.59 Å². The molecular weight excluding hydrogens is 384 g/mol. The fourth-order valence-electron chi connectivity index (χ4n) is 3.38. The van der Waals surface area contributed by atoms with Gasteiger partial charge >= 0.3 is 0 Å². The Morgan fingerprint density at radius 1 is 0.793 bits per heavy atom. The summed E-state index contributed by atoms with van der Waals surface area (Å²) in [6.07, 6.45) is 1.50. The minimum atomic E-state index is -0.314. The molecule has 29 heavy (non-hydrogen) atoms. The van der Waals surface area contributed by atoms with Crippen molar-refractivity contribution in [1.82, 2.24) is 9.80 Å². The van der Waals surface area contributed by atoms with E-state index in [-0.39, 0.29) is 17.1 Å². The summed E-state index contributed by atoms with van der Waals surface area (Å²) in [7, 11) is 0. The van der Waals surface area contributed by atoms with Crippen molar-refractivity contribution < 1.29 is 14.0 Å². The summed E-state index contributed by atoms with van der Waals surface area (Å²) >= 11 is 1.56. The van der Waals surface area contributed by atoms with Crippen LogP contribution in [0.25, 0.3) is 0 Å². The minimum Gasteiger partial charge on any atom is -0.459 e. The van der Waals surface area contributed by atoms with Crippen molar-refractivity contribution in [3.63, 3.8) is 0 Å². The van der Waals surface area contributed by atoms with Gasteiger partial charge in [-0.1, -0.05) is 48.5 Å². The Bertz CT molecular complexity index is 937. The van der Waals surface area contributed by atoms with Gasteiger partial charge in [0.15, 0.2) is 5.76 Å². The number of amides is 2. The predicted octanol–water partition coefficient (Wildman–Crippen LogP) is 4.10. The van der Waals surface area contributed by atoms with E-state index in [1.165, 1.54) is 6.26 Å². The molecule has 4 rings (SSSR count). The summed E-state index contributed by atoms with van der Waals surface area (Å²) in [4.78, 5) is 30.5. The topological polar surface area (TPSA) is 53.8 Å². The molecule has 6 heteroatoms. The Labute approximate surface area is 174 Å². The second kappa shape index (κ2) is 9.01. The van der Waals surface area contributed by atoms with Crippen molar-refractivity contribution in [2.75, 3.05) is 26.2 Å². The van der Waals surface area contributed by atoms with E-state index < -0.39 is 0 Å². The molecule has 0 spiro atoms. The Morgan fingerprint density at radius 3 is 2.03 bits per heavy atom. The third-order valence-electron chi connectivity index (χ3n) is 4.93. The number of rotatable bonds is 5. The van der Waals surface area contributed by atoms with Crippen LogP contribution in [0.2, 0.25) is 0 Å². The van der Waals surface area contributed by atoms with Gasteiger partial charge in [-0.15, -0.1) is 11.8 Å². The fraction of sp³-hybridized carbons (Fsp3) is 0.217. The van der Waals surface area contributed by atoms with E-state index in [9.17, 15) is 9.59 Å². The van der Waals surface area contributed by atoms with Crippen LogP contribution in [0.5, 0.6) is 0 Å². The molecular formula is C23H22N2O3S. The standard InChI is InChI=1S/C23H22N2O3S/c26-22(20-12-7-17-28-20)24-13-15-25(16-14-24)23(27)21(18-8-3-1-4-9-18)29-19-10-5-2-6-11-19/h1-12,17,21H,13-16H2/t21-/m1/s1. The fourth-order valence-corrected chi connectivity index (χ4v) is 4.51. The summed E-state index contributed by atoms with van der Waals surface area (Å²) in [5.74, 6) is 0.294. The summed E-state index contributed by atoms with van der Waals surface area (Å²) in [6.45, 7) is 2.04. The summed E-state index contributed by atoms with van der Waals surface area (Å²) in [5.41, 5.74) is 0.987. The van der Waals surface area contributed by atoms with Crippen LogP contribution in [0, 0.1) is 0 Å². The highest BCUT2D eigenvalue weighted by Gasteiger charge is 2.31. The van der Waals surface area contributed by atoms with E-state index in [2.05, 4.69) is 0 Å². The minimum absolute atomic E-state index is 0.0788. The third-order valence-corrected chi connectivity index (χ3v) is 6.19. The molecule has 148 valence electrons. The maximum Gasteiger partial charge on any atom is 0.289 e. The van der Waals surface area contributed by atoms with Crippen LogP contribution >= 0.6 is 11.8 Å². The first-order valence-electron chi connectivity index (χ1n) is 9.60. The number of carbonyl (C=O) groups excluding carboxylic acids is 2. The monoisotopic (exact) mass is 406 g/mol. The first-order chi connectivity index (χ1) is 14.2. The highest BCUT2D eigenvalue weighted by Crippen LogP contribution is 2.36. The van der Waals surface area contributed by atoms with E-state index >= 15 is 0 Å². The lowest BCUT2D eigenvalue weighted by Crippen LogP contribution is -2.51. The number of furan rings is 1. The third kappa shape index (κ3) is 4.54. The molecule has 0 N–H and O–H groups in total. The van der Waals surface area contributed by atoms with Crippen molar-refractivity contribution in [2.45, 2.75) is 10.1 Å². The molecule has 1 atom stereocenters. The average Bonchev–Trinajstić information content (AvgIpc) is 3.33. The van der Waals surface area contributed by atoms with Crippen molar-refractivity contribution in [3.8, 4) is 0 Å². The zero-order valence-corrected chi connectivity index (χ0v) is 16.8. The molecule has 0 aliphatic carbocycles. The first kappa shape index (κ1) is 19.3. The van der Waals surface area contributed by atoms with Crippen molar-refractivity contribution in [2.24, 2.45) is 0 Å². The van der Waals surface area contributed by atoms with E-state index in [1.807, 2.05) is 65.6 Å². The van der Waals surface area contributed by atoms with Crippen molar-refractivity contribution in [3.05, 3.63) is 90.4 Å². The molecule has 5 nitrogen and oxygen atoms in total. The van der Waals surface area contributed by atoms with Gasteiger partial charge in [-0.25, -0.2) is 0 Å². The van der Waals surface area contributed by atoms with Crippen molar-refractivity contribution >= 4 is 23.6 Å². The Morgan fingerprint density at radius 2 is 1.41 bits per heavy atom. The molecule has 0 unspecified atom stereocenters. The second-order valence-corrected chi connectivity index (χ2v) is 7.99. The van der Waals surface area contributed by atoms with Gasteiger partial charge < -0.3 is 14.2 Å². The molecule has 1 fully saturated rings. The van der Waals surface area contributed by atoms with Gasteiger partial charge in [0.2, 0.25) is 5.91 Å². The van der Waals surface area contributed by atoms with Crippen LogP contribution in [0.1, 0.15) is 21.4 Å². The molecule has 2 heterocycles. The molecule has 0 radical (unpaired) electrons. The van der Waals surface area contributed by atoms with Gasteiger partial charge in [-0.2, -0.15) is 0 Å². The Balaban J connectivity index is 1.46. The quantitative estimate of drug-likeness (QED) is 0.599. The Kier molecular flexibility index (Phi) is 6.00. The van der Waals surface area contributed by atoms with E-state index in [1.54, 1.807) is 28.8 Å². The molecule has 1 aromatic heterocycles. The molecule has 2 amide bonds. The smallest absolute Gasteiger partial charge is 0.289 e. The van der Waals surface area contributed by atoms with E-state index in [0.29, 0.717) is 31.9 Å². The number of benzene rings is 2. The normalized spacial score (nSPS) is 15.2. The van der Waals surface area contributed by atoms with E-state index in [0.717, 1.165) is 10.5 Å². The van der Waals surface area contributed by atoms with Crippen LogP contribution in [0.3, 0.4) is 0 Å². The number of hydrogen-bond acceptors (Lipinski definition) is 4. The number of nitrogens with zero attached hydrogens (tertiary/aromatic N) is 2. The zero-order chi connectivity index (χ0) is 20.1. The lowest BCUT2D eigenvalue weighted by Gasteiger charge is -2.36. The predicted molar refractivity (Wildman–Crippen MR) is 113 cm³/mol. The lowest BCUT2D eigenvalue weighted by molar-refractivity contribution is -0.132.